The first-order chi connectivity index (χ1) is 7.70. The minimum atomic E-state index is -0.530. The molecule has 0 aromatic carbocycles. The molecule has 1 saturated carbocycles. The van der Waals surface area contributed by atoms with Crippen molar-refractivity contribution < 1.29 is 14.8 Å². The van der Waals surface area contributed by atoms with Gasteiger partial charge in [-0.1, -0.05) is 12.8 Å². The minimum absolute atomic E-state index is 0.0570. The van der Waals surface area contributed by atoms with E-state index < -0.39 is 12.1 Å². The molecule has 7 nitrogen and oxygen atoms in total. The van der Waals surface area contributed by atoms with Gasteiger partial charge in [-0.25, -0.2) is 0 Å². The minimum Gasteiger partial charge on any atom is -0.762 e. The SMILES string of the molecule is CON([O-])C1CCCCC1N([O-])OCCO. The zero-order chi connectivity index (χ0) is 12.0. The van der Waals surface area contributed by atoms with Gasteiger partial charge in [-0.3, -0.25) is 10.5 Å². The average Bonchev–Trinajstić information content (AvgIpc) is 2.35. The molecule has 0 heterocycles. The van der Waals surface area contributed by atoms with E-state index >= 15 is 0 Å². The van der Waals surface area contributed by atoms with Crippen molar-refractivity contribution in [3.05, 3.63) is 10.4 Å². The van der Waals surface area contributed by atoms with Crippen molar-refractivity contribution in [3.63, 3.8) is 0 Å². The lowest BCUT2D eigenvalue weighted by Gasteiger charge is -2.48. The van der Waals surface area contributed by atoms with E-state index in [4.69, 9.17) is 9.94 Å². The summed E-state index contributed by atoms with van der Waals surface area (Å²) in [4.78, 5) is 9.34. The average molecular weight is 234 g/mol. The second kappa shape index (κ2) is 7.13. The van der Waals surface area contributed by atoms with E-state index in [1.807, 2.05) is 0 Å². The van der Waals surface area contributed by atoms with Crippen LogP contribution < -0.4 is 0 Å². The summed E-state index contributed by atoms with van der Waals surface area (Å²) in [6.45, 7) is -0.278. The summed E-state index contributed by atoms with van der Waals surface area (Å²) in [7, 11) is 1.28. The summed E-state index contributed by atoms with van der Waals surface area (Å²) < 4.78 is 0. The Kier molecular flexibility index (Phi) is 6.14. The molecule has 2 unspecified atom stereocenters. The second-order valence-corrected chi connectivity index (χ2v) is 3.73. The van der Waals surface area contributed by atoms with Crippen molar-refractivity contribution in [1.29, 1.82) is 0 Å². The summed E-state index contributed by atoms with van der Waals surface area (Å²) in [5.41, 5.74) is 0. The molecule has 0 bridgehead atoms. The third-order valence-corrected chi connectivity index (χ3v) is 2.73. The lowest BCUT2D eigenvalue weighted by Crippen LogP contribution is -2.49. The molecular formula is C9H18N2O5-2. The predicted molar refractivity (Wildman–Crippen MR) is 56.5 cm³/mol. The Morgan fingerprint density at radius 1 is 1.19 bits per heavy atom. The highest BCUT2D eigenvalue weighted by Crippen LogP contribution is 2.26. The van der Waals surface area contributed by atoms with Crippen LogP contribution >= 0.6 is 0 Å². The number of hydrogen-bond acceptors (Lipinski definition) is 7. The topological polar surface area (TPSA) is 91.3 Å². The number of hydrogen-bond donors (Lipinski definition) is 1. The normalized spacial score (nSPS) is 26.6. The van der Waals surface area contributed by atoms with Crippen molar-refractivity contribution in [2.75, 3.05) is 20.3 Å². The lowest BCUT2D eigenvalue weighted by molar-refractivity contribution is -0.209. The highest BCUT2D eigenvalue weighted by molar-refractivity contribution is 4.86. The fourth-order valence-electron chi connectivity index (χ4n) is 1.95. The summed E-state index contributed by atoms with van der Waals surface area (Å²) >= 11 is 0. The molecule has 0 radical (unpaired) electrons. The quantitative estimate of drug-likeness (QED) is 0.664. The van der Waals surface area contributed by atoms with Crippen molar-refractivity contribution in [2.24, 2.45) is 0 Å². The maximum atomic E-state index is 11.6. The molecule has 0 aromatic heterocycles. The van der Waals surface area contributed by atoms with Gasteiger partial charge < -0.3 is 25.2 Å². The zero-order valence-electron chi connectivity index (χ0n) is 9.37. The van der Waals surface area contributed by atoms with Crippen LogP contribution in [0.2, 0.25) is 0 Å². The highest BCUT2D eigenvalue weighted by atomic mass is 16.9. The van der Waals surface area contributed by atoms with Gasteiger partial charge in [0, 0.05) is 12.1 Å². The van der Waals surface area contributed by atoms with E-state index in [1.54, 1.807) is 0 Å². The molecule has 2 atom stereocenters. The summed E-state index contributed by atoms with van der Waals surface area (Å²) in [5.74, 6) is 0. The van der Waals surface area contributed by atoms with E-state index in [0.717, 1.165) is 12.8 Å². The lowest BCUT2D eigenvalue weighted by atomic mass is 9.91. The molecule has 96 valence electrons. The van der Waals surface area contributed by atoms with Crippen LogP contribution in [0.25, 0.3) is 0 Å². The smallest absolute Gasteiger partial charge is 0.0904 e. The third-order valence-electron chi connectivity index (χ3n) is 2.73. The van der Waals surface area contributed by atoms with Crippen LogP contribution in [-0.2, 0) is 9.68 Å². The van der Waals surface area contributed by atoms with Gasteiger partial charge in [-0.05, 0) is 12.8 Å². The Bertz CT molecular complexity index is 195. The van der Waals surface area contributed by atoms with Crippen molar-refractivity contribution in [2.45, 2.75) is 37.8 Å². The molecule has 0 aromatic rings. The van der Waals surface area contributed by atoms with Gasteiger partial charge in [0.1, 0.15) is 0 Å². The predicted octanol–water partition coefficient (Wildman–Crippen LogP) is 0.383. The highest BCUT2D eigenvalue weighted by Gasteiger charge is 2.28. The van der Waals surface area contributed by atoms with Gasteiger partial charge in [-0.15, -0.1) is 0 Å². The van der Waals surface area contributed by atoms with E-state index in [0.29, 0.717) is 23.3 Å². The van der Waals surface area contributed by atoms with Gasteiger partial charge in [0.25, 0.3) is 0 Å². The monoisotopic (exact) mass is 234 g/mol. The van der Waals surface area contributed by atoms with Crippen molar-refractivity contribution >= 4 is 0 Å². The van der Waals surface area contributed by atoms with Crippen LogP contribution in [0.4, 0.5) is 0 Å². The summed E-state index contributed by atoms with van der Waals surface area (Å²) in [5, 5.41) is 32.4. The molecule has 0 spiro atoms. The number of rotatable bonds is 6. The van der Waals surface area contributed by atoms with Gasteiger partial charge in [-0.2, -0.15) is 0 Å². The Hall–Kier alpha value is -0.280. The maximum Gasteiger partial charge on any atom is 0.0904 e. The fraction of sp³-hybridized carbons (Fsp3) is 1.00. The molecule has 1 aliphatic carbocycles. The first kappa shape index (κ1) is 13.8. The van der Waals surface area contributed by atoms with Gasteiger partial charge in [0.15, 0.2) is 0 Å². The first-order valence-corrected chi connectivity index (χ1v) is 5.41. The molecule has 1 fully saturated rings. The maximum absolute atomic E-state index is 11.6. The Balaban J connectivity index is 2.51. The summed E-state index contributed by atoms with van der Waals surface area (Å²) in [6.07, 6.45) is 3.00. The van der Waals surface area contributed by atoms with Gasteiger partial charge >= 0.3 is 0 Å². The molecule has 0 saturated heterocycles. The van der Waals surface area contributed by atoms with Crippen molar-refractivity contribution in [3.8, 4) is 0 Å². The van der Waals surface area contributed by atoms with E-state index in [9.17, 15) is 10.4 Å². The number of aliphatic hydroxyl groups excluding tert-OH is 1. The number of nitrogens with zero attached hydrogens (tertiary/aromatic N) is 2. The third kappa shape index (κ3) is 3.63. The number of hydroxylamine groups is 4. The molecule has 7 heteroatoms. The van der Waals surface area contributed by atoms with Crippen LogP contribution in [0.5, 0.6) is 0 Å². The molecule has 0 aliphatic heterocycles. The van der Waals surface area contributed by atoms with E-state index in [2.05, 4.69) is 4.84 Å². The van der Waals surface area contributed by atoms with Crippen LogP contribution in [0.1, 0.15) is 25.7 Å². The van der Waals surface area contributed by atoms with E-state index in [1.165, 1.54) is 7.11 Å². The van der Waals surface area contributed by atoms with Crippen LogP contribution in [-0.4, -0.2) is 48.0 Å². The fourth-order valence-corrected chi connectivity index (χ4v) is 1.95. The van der Waals surface area contributed by atoms with Gasteiger partial charge in [0.05, 0.1) is 20.3 Å². The first-order valence-electron chi connectivity index (χ1n) is 5.41. The summed E-state index contributed by atoms with van der Waals surface area (Å²) in [6, 6.07) is -1.03. The zero-order valence-corrected chi connectivity index (χ0v) is 9.37. The molecule has 1 N–H and O–H groups in total. The standard InChI is InChI=1S/C9H18N2O5/c1-15-10(13)8-4-2-3-5-9(8)11(14)16-7-6-12/h8-9,12H,2-7H2,1H3/q-2. The molecule has 1 rings (SSSR count). The van der Waals surface area contributed by atoms with Crippen LogP contribution in [0, 0.1) is 10.4 Å². The van der Waals surface area contributed by atoms with Crippen LogP contribution in [0.15, 0.2) is 0 Å². The number of aliphatic hydroxyl groups is 1. The molecular weight excluding hydrogens is 216 g/mol. The Labute approximate surface area is 94.6 Å². The van der Waals surface area contributed by atoms with E-state index in [-0.39, 0.29) is 13.2 Å². The molecule has 1 aliphatic rings. The Morgan fingerprint density at radius 3 is 2.25 bits per heavy atom. The molecule has 16 heavy (non-hydrogen) atoms. The largest absolute Gasteiger partial charge is 0.762 e. The molecule has 0 amide bonds. The Morgan fingerprint density at radius 2 is 1.75 bits per heavy atom. The second-order valence-electron chi connectivity index (χ2n) is 3.73. The van der Waals surface area contributed by atoms with Gasteiger partial charge in [0.2, 0.25) is 0 Å². The van der Waals surface area contributed by atoms with Crippen molar-refractivity contribution in [1.82, 2.24) is 10.5 Å². The van der Waals surface area contributed by atoms with Crippen LogP contribution in [0.3, 0.4) is 0 Å².